The molecule has 5 nitrogen and oxygen atoms in total. The second kappa shape index (κ2) is 6.48. The lowest BCUT2D eigenvalue weighted by atomic mass is 10.2. The molecule has 92 valence electrons. The molecule has 2 amide bonds. The van der Waals surface area contributed by atoms with Crippen LogP contribution in [-0.2, 0) is 9.59 Å². The quantitative estimate of drug-likeness (QED) is 0.694. The van der Waals surface area contributed by atoms with Gasteiger partial charge in [-0.15, -0.1) is 0 Å². The number of nitrogens with zero attached hydrogens (tertiary/aromatic N) is 1. The summed E-state index contributed by atoms with van der Waals surface area (Å²) < 4.78 is 0. The van der Waals surface area contributed by atoms with Crippen LogP contribution in [0, 0.1) is 0 Å². The molecule has 16 heavy (non-hydrogen) atoms. The van der Waals surface area contributed by atoms with Gasteiger partial charge < -0.3 is 15.5 Å². The van der Waals surface area contributed by atoms with Crippen LogP contribution in [0.4, 0.5) is 0 Å². The Labute approximate surface area is 96.6 Å². The molecule has 0 radical (unpaired) electrons. The smallest absolute Gasteiger partial charge is 0.242 e. The van der Waals surface area contributed by atoms with Crippen LogP contribution in [0.15, 0.2) is 0 Å². The zero-order valence-corrected chi connectivity index (χ0v) is 10.1. The number of hydrogen-bond donors (Lipinski definition) is 2. The monoisotopic (exact) mass is 227 g/mol. The molecule has 0 bridgehead atoms. The van der Waals surface area contributed by atoms with Gasteiger partial charge in [0.25, 0.3) is 0 Å². The summed E-state index contributed by atoms with van der Waals surface area (Å²) in [6.45, 7) is 6.47. The van der Waals surface area contributed by atoms with E-state index in [4.69, 9.17) is 0 Å². The zero-order chi connectivity index (χ0) is 12.0. The summed E-state index contributed by atoms with van der Waals surface area (Å²) in [5.74, 6) is -0.0305. The first kappa shape index (κ1) is 13.0. The lowest BCUT2D eigenvalue weighted by Crippen LogP contribution is -2.54. The van der Waals surface area contributed by atoms with E-state index in [1.54, 1.807) is 0 Å². The Bertz CT molecular complexity index is 256. The molecule has 0 aliphatic carbocycles. The van der Waals surface area contributed by atoms with Crippen LogP contribution in [-0.4, -0.2) is 48.9 Å². The van der Waals surface area contributed by atoms with Crippen molar-refractivity contribution in [2.24, 2.45) is 0 Å². The summed E-state index contributed by atoms with van der Waals surface area (Å²) in [5, 5.41) is 5.87. The third kappa shape index (κ3) is 3.81. The average Bonchev–Trinajstić information content (AvgIpc) is 2.27. The molecular weight excluding hydrogens is 206 g/mol. The number of carbonyl (C=O) groups excluding carboxylic acids is 2. The van der Waals surface area contributed by atoms with Crippen molar-refractivity contribution >= 4 is 11.8 Å². The van der Waals surface area contributed by atoms with E-state index in [-0.39, 0.29) is 24.4 Å². The van der Waals surface area contributed by atoms with Crippen LogP contribution in [0.1, 0.15) is 26.7 Å². The first-order chi connectivity index (χ1) is 7.65. The summed E-state index contributed by atoms with van der Waals surface area (Å²) in [6.07, 6.45) is 1.30. The van der Waals surface area contributed by atoms with Gasteiger partial charge in [-0.1, -0.05) is 6.92 Å². The van der Waals surface area contributed by atoms with Crippen molar-refractivity contribution in [3.8, 4) is 0 Å². The van der Waals surface area contributed by atoms with Crippen molar-refractivity contribution in [1.82, 2.24) is 15.5 Å². The molecule has 5 heteroatoms. The van der Waals surface area contributed by atoms with Gasteiger partial charge in [0, 0.05) is 32.1 Å². The van der Waals surface area contributed by atoms with Crippen LogP contribution in [0.5, 0.6) is 0 Å². The van der Waals surface area contributed by atoms with Crippen LogP contribution in [0.2, 0.25) is 0 Å². The third-order valence-electron chi connectivity index (χ3n) is 2.74. The highest BCUT2D eigenvalue weighted by molar-refractivity contribution is 5.84. The molecule has 0 aromatic carbocycles. The van der Waals surface area contributed by atoms with Crippen molar-refractivity contribution in [3.05, 3.63) is 0 Å². The van der Waals surface area contributed by atoms with Gasteiger partial charge in [-0.2, -0.15) is 0 Å². The molecule has 0 aromatic rings. The highest BCUT2D eigenvalue weighted by atomic mass is 16.2. The largest absolute Gasteiger partial charge is 0.347 e. The second-order valence-electron chi connectivity index (χ2n) is 4.17. The Hall–Kier alpha value is -1.10. The van der Waals surface area contributed by atoms with Gasteiger partial charge in [-0.25, -0.2) is 0 Å². The van der Waals surface area contributed by atoms with Crippen molar-refractivity contribution in [2.45, 2.75) is 32.7 Å². The molecular formula is C11H21N3O2. The van der Waals surface area contributed by atoms with Gasteiger partial charge in [0.15, 0.2) is 0 Å². The number of hydrogen-bond acceptors (Lipinski definition) is 3. The Balaban J connectivity index is 2.31. The molecule has 1 saturated heterocycles. The average molecular weight is 227 g/mol. The van der Waals surface area contributed by atoms with Gasteiger partial charge in [-0.3, -0.25) is 9.59 Å². The number of rotatable bonds is 4. The second-order valence-corrected chi connectivity index (χ2v) is 4.17. The summed E-state index contributed by atoms with van der Waals surface area (Å²) in [5.41, 5.74) is 0. The molecule has 1 heterocycles. The lowest BCUT2D eigenvalue weighted by molar-refractivity contribution is -0.135. The van der Waals surface area contributed by atoms with E-state index in [0.717, 1.165) is 26.1 Å². The summed E-state index contributed by atoms with van der Waals surface area (Å²) in [7, 11) is 0. The minimum Gasteiger partial charge on any atom is -0.347 e. The maximum atomic E-state index is 11.8. The maximum absolute atomic E-state index is 11.8. The standard InChI is InChI=1S/C11H21N3O2/c1-3-4-10(15)13-8-11(16)14-6-5-12-7-9(14)2/h9,12H,3-8H2,1-2H3,(H,13,15). The predicted octanol–water partition coefficient (Wildman–Crippen LogP) is -0.277. The van der Waals surface area contributed by atoms with Crippen LogP contribution in [0.25, 0.3) is 0 Å². The highest BCUT2D eigenvalue weighted by Gasteiger charge is 2.22. The van der Waals surface area contributed by atoms with E-state index in [1.807, 2.05) is 18.7 Å². The summed E-state index contributed by atoms with van der Waals surface area (Å²) in [6, 6.07) is 0.212. The van der Waals surface area contributed by atoms with Gasteiger partial charge >= 0.3 is 0 Å². The fourth-order valence-corrected chi connectivity index (χ4v) is 1.80. The first-order valence-corrected chi connectivity index (χ1v) is 5.92. The number of amides is 2. The van der Waals surface area contributed by atoms with Crippen molar-refractivity contribution in [3.63, 3.8) is 0 Å². The minimum atomic E-state index is -0.0429. The molecule has 2 N–H and O–H groups in total. The first-order valence-electron chi connectivity index (χ1n) is 5.92. The Morgan fingerprint density at radius 2 is 2.25 bits per heavy atom. The number of nitrogens with one attached hydrogen (secondary N) is 2. The Kier molecular flexibility index (Phi) is 5.25. The van der Waals surface area contributed by atoms with E-state index in [0.29, 0.717) is 6.42 Å². The third-order valence-corrected chi connectivity index (χ3v) is 2.74. The topological polar surface area (TPSA) is 61.4 Å². The van der Waals surface area contributed by atoms with Crippen LogP contribution in [0.3, 0.4) is 0 Å². The van der Waals surface area contributed by atoms with Crippen LogP contribution >= 0.6 is 0 Å². The lowest BCUT2D eigenvalue weighted by Gasteiger charge is -2.34. The Morgan fingerprint density at radius 3 is 2.88 bits per heavy atom. The van der Waals surface area contributed by atoms with Gasteiger partial charge in [0.05, 0.1) is 6.54 Å². The molecule has 0 aromatic heterocycles. The van der Waals surface area contributed by atoms with Crippen LogP contribution < -0.4 is 10.6 Å². The highest BCUT2D eigenvalue weighted by Crippen LogP contribution is 2.02. The van der Waals surface area contributed by atoms with E-state index in [9.17, 15) is 9.59 Å². The summed E-state index contributed by atoms with van der Waals surface area (Å²) >= 11 is 0. The normalized spacial score (nSPS) is 20.6. The van der Waals surface area contributed by atoms with Gasteiger partial charge in [-0.05, 0) is 13.3 Å². The molecule has 1 aliphatic heterocycles. The maximum Gasteiger partial charge on any atom is 0.242 e. The van der Waals surface area contributed by atoms with Crippen molar-refractivity contribution in [1.29, 1.82) is 0 Å². The predicted molar refractivity (Wildman–Crippen MR) is 62.0 cm³/mol. The van der Waals surface area contributed by atoms with Gasteiger partial charge in [0.2, 0.25) is 11.8 Å². The minimum absolute atomic E-state index is 0.0125. The van der Waals surface area contributed by atoms with E-state index in [2.05, 4.69) is 10.6 Å². The van der Waals surface area contributed by atoms with Gasteiger partial charge in [0.1, 0.15) is 0 Å². The van der Waals surface area contributed by atoms with E-state index < -0.39 is 0 Å². The molecule has 1 aliphatic rings. The SMILES string of the molecule is CCCC(=O)NCC(=O)N1CCNCC1C. The van der Waals surface area contributed by atoms with Crippen molar-refractivity contribution < 1.29 is 9.59 Å². The number of piperazine rings is 1. The molecule has 1 fully saturated rings. The van der Waals surface area contributed by atoms with Crippen molar-refractivity contribution in [2.75, 3.05) is 26.2 Å². The molecule has 1 unspecified atom stereocenters. The molecule has 0 spiro atoms. The summed E-state index contributed by atoms with van der Waals surface area (Å²) in [4.78, 5) is 24.8. The van der Waals surface area contributed by atoms with E-state index in [1.165, 1.54) is 0 Å². The zero-order valence-electron chi connectivity index (χ0n) is 10.1. The van der Waals surface area contributed by atoms with E-state index >= 15 is 0 Å². The molecule has 0 saturated carbocycles. The number of carbonyl (C=O) groups is 2. The molecule has 1 atom stereocenters. The fraction of sp³-hybridized carbons (Fsp3) is 0.818. The Morgan fingerprint density at radius 1 is 1.50 bits per heavy atom. The fourth-order valence-electron chi connectivity index (χ4n) is 1.80. The molecule has 1 rings (SSSR count).